The fourth-order valence-corrected chi connectivity index (χ4v) is 3.35. The smallest absolute Gasteiger partial charge is 0.139 e. The van der Waals surface area contributed by atoms with Crippen molar-refractivity contribution >= 4 is 0 Å². The molecule has 6 heteroatoms. The number of aromatic nitrogens is 1. The lowest BCUT2D eigenvalue weighted by Crippen LogP contribution is -2.23. The van der Waals surface area contributed by atoms with E-state index >= 15 is 0 Å². The zero-order valence-corrected chi connectivity index (χ0v) is 18.7. The van der Waals surface area contributed by atoms with Gasteiger partial charge < -0.3 is 25.4 Å². The second-order valence-corrected chi connectivity index (χ2v) is 8.05. The minimum Gasteiger partial charge on any atom is -0.506 e. The minimum absolute atomic E-state index is 0.0577. The molecule has 0 fully saturated rings. The summed E-state index contributed by atoms with van der Waals surface area (Å²) in [6, 6.07) is 11.8. The first-order chi connectivity index (χ1) is 15.1. The van der Waals surface area contributed by atoms with Crippen LogP contribution in [0.3, 0.4) is 0 Å². The number of nitrogens with zero attached hydrogens (tertiary/aromatic N) is 1. The van der Waals surface area contributed by atoms with E-state index in [0.29, 0.717) is 12.2 Å². The van der Waals surface area contributed by atoms with Crippen molar-refractivity contribution in [1.29, 1.82) is 0 Å². The molecule has 2 aromatic rings. The maximum Gasteiger partial charge on any atom is 0.139 e. The van der Waals surface area contributed by atoms with E-state index in [1.807, 2.05) is 0 Å². The predicted molar refractivity (Wildman–Crippen MR) is 123 cm³/mol. The summed E-state index contributed by atoms with van der Waals surface area (Å²) in [4.78, 5) is 4.08. The molecule has 31 heavy (non-hydrogen) atoms. The Morgan fingerprint density at radius 2 is 1.65 bits per heavy atom. The van der Waals surface area contributed by atoms with E-state index in [1.54, 1.807) is 6.07 Å². The van der Waals surface area contributed by atoms with Gasteiger partial charge in [0.2, 0.25) is 0 Å². The Morgan fingerprint density at radius 1 is 0.935 bits per heavy atom. The van der Waals surface area contributed by atoms with Crippen molar-refractivity contribution < 1.29 is 20.1 Å². The number of aliphatic hydroxyl groups is 2. The Bertz CT molecular complexity index is 737. The molecule has 0 aliphatic rings. The minimum atomic E-state index is -0.759. The highest BCUT2D eigenvalue weighted by atomic mass is 16.5. The summed E-state index contributed by atoms with van der Waals surface area (Å²) < 4.78 is 5.73. The lowest BCUT2D eigenvalue weighted by molar-refractivity contribution is 0.126. The number of pyridine rings is 1. The molecule has 2 rings (SSSR count). The van der Waals surface area contributed by atoms with E-state index in [1.165, 1.54) is 23.6 Å². The molecule has 1 atom stereocenters. The average molecular weight is 431 g/mol. The van der Waals surface area contributed by atoms with Crippen LogP contribution >= 0.6 is 0 Å². The average Bonchev–Trinajstić information content (AvgIpc) is 2.78. The maximum atomic E-state index is 10.2. The molecule has 1 aromatic carbocycles. The fraction of sp³-hybridized carbons (Fsp3) is 0.560. The summed E-state index contributed by atoms with van der Waals surface area (Å²) in [7, 11) is 0. The van der Waals surface area contributed by atoms with Crippen LogP contribution in [0.2, 0.25) is 0 Å². The number of benzene rings is 1. The number of ether oxygens (including phenoxy) is 1. The van der Waals surface area contributed by atoms with E-state index in [9.17, 15) is 10.2 Å². The van der Waals surface area contributed by atoms with Crippen LogP contribution in [0.15, 0.2) is 36.4 Å². The van der Waals surface area contributed by atoms with Crippen LogP contribution in [-0.2, 0) is 17.8 Å². The second kappa shape index (κ2) is 14.9. The molecule has 0 spiro atoms. The number of unbranched alkanes of at least 4 members (excludes halogenated alkanes) is 4. The molecule has 0 aliphatic heterocycles. The first-order valence-electron chi connectivity index (χ1n) is 11.4. The highest BCUT2D eigenvalue weighted by molar-refractivity contribution is 5.28. The van der Waals surface area contributed by atoms with Gasteiger partial charge in [0.05, 0.1) is 12.3 Å². The van der Waals surface area contributed by atoms with Gasteiger partial charge in [-0.1, -0.05) is 42.7 Å². The predicted octanol–water partition coefficient (Wildman–Crippen LogP) is 3.81. The molecular weight excluding hydrogens is 392 g/mol. The molecule has 0 saturated carbocycles. The molecule has 0 amide bonds. The van der Waals surface area contributed by atoms with Crippen LogP contribution in [0.25, 0.3) is 0 Å². The molecule has 1 unspecified atom stereocenters. The summed E-state index contributed by atoms with van der Waals surface area (Å²) in [5.41, 5.74) is 3.35. The summed E-state index contributed by atoms with van der Waals surface area (Å²) >= 11 is 0. The normalized spacial score (nSPS) is 12.2. The van der Waals surface area contributed by atoms with Gasteiger partial charge >= 0.3 is 0 Å². The number of aromatic hydroxyl groups is 1. The molecule has 172 valence electrons. The largest absolute Gasteiger partial charge is 0.506 e. The van der Waals surface area contributed by atoms with Crippen LogP contribution in [0.1, 0.15) is 67.1 Å². The third kappa shape index (κ3) is 10.2. The summed E-state index contributed by atoms with van der Waals surface area (Å²) in [5, 5.41) is 32.1. The molecule has 6 nitrogen and oxygen atoms in total. The lowest BCUT2D eigenvalue weighted by atomic mass is 10.1. The van der Waals surface area contributed by atoms with Crippen LogP contribution in [0.5, 0.6) is 5.75 Å². The molecular formula is C25H38N2O4. The Labute approximate surface area is 186 Å². The Hall–Kier alpha value is -1.99. The van der Waals surface area contributed by atoms with E-state index in [4.69, 9.17) is 9.84 Å². The summed E-state index contributed by atoms with van der Waals surface area (Å²) in [6.45, 7) is 4.67. The van der Waals surface area contributed by atoms with Gasteiger partial charge in [-0.05, 0) is 63.3 Å². The molecule has 0 saturated heterocycles. The molecule has 1 aromatic heterocycles. The van der Waals surface area contributed by atoms with Gasteiger partial charge in [0.25, 0.3) is 0 Å². The standard InChI is InChI=1S/C25H38N2O4/c1-20-9-11-21(12-10-20)8-4-7-17-31-16-6-3-2-5-15-26-18-25(30)22-13-14-24(29)23(19-28)27-22/h9-14,25-26,28-30H,2-8,15-19H2,1H3. The number of nitrogens with one attached hydrogen (secondary N) is 1. The first kappa shape index (κ1) is 25.3. The summed E-state index contributed by atoms with van der Waals surface area (Å²) in [5.74, 6) is -0.0577. The second-order valence-electron chi connectivity index (χ2n) is 8.05. The Morgan fingerprint density at radius 3 is 2.39 bits per heavy atom. The zero-order valence-electron chi connectivity index (χ0n) is 18.7. The van der Waals surface area contributed by atoms with Crippen molar-refractivity contribution in [2.75, 3.05) is 26.3 Å². The van der Waals surface area contributed by atoms with Gasteiger partial charge in [-0.3, -0.25) is 0 Å². The Kier molecular flexibility index (Phi) is 12.2. The summed E-state index contributed by atoms with van der Waals surface area (Å²) in [6.07, 6.45) is 7.05. The zero-order chi connectivity index (χ0) is 22.3. The van der Waals surface area contributed by atoms with Crippen molar-refractivity contribution in [3.05, 3.63) is 58.9 Å². The number of rotatable bonds is 16. The quantitative estimate of drug-likeness (QED) is 0.303. The first-order valence-corrected chi connectivity index (χ1v) is 11.4. The third-order valence-corrected chi connectivity index (χ3v) is 5.32. The van der Waals surface area contributed by atoms with Crippen molar-refractivity contribution in [1.82, 2.24) is 10.3 Å². The van der Waals surface area contributed by atoms with Gasteiger partial charge in [-0.15, -0.1) is 0 Å². The topological polar surface area (TPSA) is 94.8 Å². The Balaban J connectivity index is 1.39. The van der Waals surface area contributed by atoms with Crippen molar-refractivity contribution in [3.8, 4) is 5.75 Å². The van der Waals surface area contributed by atoms with E-state index in [2.05, 4.69) is 41.5 Å². The van der Waals surface area contributed by atoms with Crippen molar-refractivity contribution in [3.63, 3.8) is 0 Å². The van der Waals surface area contributed by atoms with Gasteiger partial charge in [-0.25, -0.2) is 4.98 Å². The number of hydrogen-bond donors (Lipinski definition) is 4. The SMILES string of the molecule is Cc1ccc(CCCCOCCCCCCNCC(O)c2ccc(O)c(CO)n2)cc1. The van der Waals surface area contributed by atoms with Gasteiger partial charge in [0, 0.05) is 19.8 Å². The molecule has 4 N–H and O–H groups in total. The van der Waals surface area contributed by atoms with Crippen molar-refractivity contribution in [2.45, 2.75) is 64.6 Å². The van der Waals surface area contributed by atoms with Crippen LogP contribution < -0.4 is 5.32 Å². The highest BCUT2D eigenvalue weighted by Crippen LogP contribution is 2.18. The number of aliphatic hydroxyl groups excluding tert-OH is 2. The molecule has 0 bridgehead atoms. The molecule has 0 aliphatic carbocycles. The monoisotopic (exact) mass is 430 g/mol. The molecule has 0 radical (unpaired) electrons. The van der Waals surface area contributed by atoms with Gasteiger partial charge in [0.15, 0.2) is 0 Å². The van der Waals surface area contributed by atoms with Crippen LogP contribution in [0.4, 0.5) is 0 Å². The highest BCUT2D eigenvalue weighted by Gasteiger charge is 2.11. The van der Waals surface area contributed by atoms with E-state index < -0.39 is 6.10 Å². The van der Waals surface area contributed by atoms with Crippen molar-refractivity contribution in [2.24, 2.45) is 0 Å². The molecule has 1 heterocycles. The third-order valence-electron chi connectivity index (χ3n) is 5.32. The van der Waals surface area contributed by atoms with Crippen LogP contribution in [-0.4, -0.2) is 46.6 Å². The maximum absolute atomic E-state index is 10.2. The number of hydrogen-bond acceptors (Lipinski definition) is 6. The van der Waals surface area contributed by atoms with Crippen LogP contribution in [0, 0.1) is 6.92 Å². The fourth-order valence-electron chi connectivity index (χ4n) is 3.35. The van der Waals surface area contributed by atoms with E-state index in [0.717, 1.165) is 58.3 Å². The number of aryl methyl sites for hydroxylation is 2. The van der Waals surface area contributed by atoms with Gasteiger partial charge in [0.1, 0.15) is 17.5 Å². The lowest BCUT2D eigenvalue weighted by Gasteiger charge is -2.13. The van der Waals surface area contributed by atoms with Gasteiger partial charge in [-0.2, -0.15) is 0 Å². The van der Waals surface area contributed by atoms with E-state index in [-0.39, 0.29) is 18.1 Å².